The molecule has 1 aromatic heterocycles. The maximum absolute atomic E-state index is 10.8. The second-order valence-electron chi connectivity index (χ2n) is 5.50. The van der Waals surface area contributed by atoms with E-state index in [1.807, 2.05) is 6.92 Å². The summed E-state index contributed by atoms with van der Waals surface area (Å²) < 4.78 is 31.2. The molecular weight excluding hydrogens is 378 g/mol. The van der Waals surface area contributed by atoms with Gasteiger partial charge in [0.05, 0.1) is 10.6 Å². The number of carboxylic acids is 2. The standard InChI is InChI=1S/C9H11N3O4.C7H8O3S/c10-5(8(13)14)1-2-6-7(9(15)16)12-4-3-11-6;1-6-2-4-7(5-3-6)11(8,9)10/h3-5H,1-2,10H2,(H,13,14)(H,15,16);2-5H,1H3,(H,8,9,10)/t5-;/m0./s1. The van der Waals surface area contributed by atoms with Gasteiger partial charge in [-0.05, 0) is 25.5 Å². The maximum Gasteiger partial charge on any atom is 0.362 e. The molecule has 2 aromatic rings. The predicted molar refractivity (Wildman–Crippen MR) is 90.8 cm³/mol. The van der Waals surface area contributed by atoms with Gasteiger partial charge in [-0.15, -0.1) is 0 Å². The van der Waals surface area contributed by atoms with Crippen LogP contribution in [0.2, 0.25) is 0 Å². The smallest absolute Gasteiger partial charge is 0.362 e. The summed E-state index contributed by atoms with van der Waals surface area (Å²) in [5, 5.41) is 17.4. The van der Waals surface area contributed by atoms with Crippen LogP contribution in [0.4, 0.5) is 0 Å². The van der Waals surface area contributed by atoms with E-state index in [0.717, 1.165) is 5.56 Å². The van der Waals surface area contributed by atoms with Crippen molar-refractivity contribution in [3.8, 4) is 0 Å². The first kappa shape index (κ1) is 22.2. The molecule has 0 amide bonds. The fourth-order valence-electron chi connectivity index (χ4n) is 1.87. The molecule has 11 heteroatoms. The van der Waals surface area contributed by atoms with E-state index in [-0.39, 0.29) is 29.1 Å². The molecule has 0 spiro atoms. The Morgan fingerprint density at radius 3 is 2.19 bits per heavy atom. The molecule has 0 bridgehead atoms. The van der Waals surface area contributed by atoms with Crippen LogP contribution in [-0.2, 0) is 21.3 Å². The molecule has 0 saturated heterocycles. The van der Waals surface area contributed by atoms with Gasteiger partial charge < -0.3 is 20.5 Å². The zero-order valence-electron chi connectivity index (χ0n) is 14.4. The quantitative estimate of drug-likeness (QED) is 0.550. The second-order valence-corrected chi connectivity index (χ2v) is 6.88. The average molecular weight is 397 g/mol. The van der Waals surface area contributed by atoms with E-state index in [9.17, 15) is 22.6 Å². The molecule has 0 fully saturated rings. The molecule has 0 aliphatic carbocycles. The number of carboxylic acid groups (broad SMARTS) is 2. The number of aromatic carboxylic acids is 1. The van der Waals surface area contributed by atoms with E-state index in [2.05, 4.69) is 15.7 Å². The van der Waals surface area contributed by atoms with Crippen molar-refractivity contribution in [1.29, 1.82) is 0 Å². The van der Waals surface area contributed by atoms with Gasteiger partial charge in [-0.1, -0.05) is 17.7 Å². The number of quaternary nitrogens is 1. The third kappa shape index (κ3) is 7.48. The van der Waals surface area contributed by atoms with Crippen LogP contribution in [0.25, 0.3) is 0 Å². The number of hydrogen-bond donors (Lipinski definition) is 3. The topological polar surface area (TPSA) is 185 Å². The van der Waals surface area contributed by atoms with Crippen molar-refractivity contribution in [2.45, 2.75) is 30.7 Å². The highest BCUT2D eigenvalue weighted by Gasteiger charge is 2.18. The largest absolute Gasteiger partial charge is 0.744 e. The van der Waals surface area contributed by atoms with Gasteiger partial charge in [0.2, 0.25) is 0 Å². The van der Waals surface area contributed by atoms with Gasteiger partial charge in [-0.3, -0.25) is 4.98 Å². The van der Waals surface area contributed by atoms with Crippen molar-refractivity contribution in [1.82, 2.24) is 9.97 Å². The number of rotatable bonds is 6. The number of carbonyl (C=O) groups is 2. The van der Waals surface area contributed by atoms with Crippen LogP contribution >= 0.6 is 0 Å². The fraction of sp³-hybridized carbons (Fsp3) is 0.250. The molecule has 10 nitrogen and oxygen atoms in total. The van der Waals surface area contributed by atoms with Crippen molar-refractivity contribution >= 4 is 22.1 Å². The fourth-order valence-corrected chi connectivity index (χ4v) is 2.34. The van der Waals surface area contributed by atoms with Crippen LogP contribution in [0.3, 0.4) is 0 Å². The Morgan fingerprint density at radius 1 is 1.15 bits per heavy atom. The molecule has 146 valence electrons. The lowest BCUT2D eigenvalue weighted by molar-refractivity contribution is -0.408. The molecule has 1 aromatic carbocycles. The molecule has 2 rings (SSSR count). The highest BCUT2D eigenvalue weighted by atomic mass is 32.2. The predicted octanol–water partition coefficient (Wildman–Crippen LogP) is -0.298. The van der Waals surface area contributed by atoms with Gasteiger partial charge in [-0.25, -0.2) is 23.0 Å². The molecule has 0 unspecified atom stereocenters. The summed E-state index contributed by atoms with van der Waals surface area (Å²) in [6.45, 7) is 1.82. The van der Waals surface area contributed by atoms with Crippen molar-refractivity contribution in [2.24, 2.45) is 0 Å². The van der Waals surface area contributed by atoms with Gasteiger partial charge in [-0.2, -0.15) is 0 Å². The summed E-state index contributed by atoms with van der Waals surface area (Å²) in [7, 11) is -4.27. The molecule has 0 aliphatic rings. The minimum atomic E-state index is -4.27. The zero-order valence-corrected chi connectivity index (χ0v) is 15.2. The number of hydrogen-bond acceptors (Lipinski definition) is 7. The lowest BCUT2D eigenvalue weighted by atomic mass is 10.1. The first-order valence-electron chi connectivity index (χ1n) is 7.64. The molecule has 1 heterocycles. The average Bonchev–Trinajstić information content (AvgIpc) is 2.59. The van der Waals surface area contributed by atoms with E-state index in [1.54, 1.807) is 12.1 Å². The van der Waals surface area contributed by atoms with Crippen LogP contribution in [0.15, 0.2) is 41.6 Å². The van der Waals surface area contributed by atoms with Crippen LogP contribution in [-0.4, -0.2) is 51.1 Å². The van der Waals surface area contributed by atoms with E-state index >= 15 is 0 Å². The summed E-state index contributed by atoms with van der Waals surface area (Å²) in [6.07, 6.45) is 3.12. The van der Waals surface area contributed by atoms with E-state index in [4.69, 9.17) is 10.2 Å². The summed E-state index contributed by atoms with van der Waals surface area (Å²) >= 11 is 0. The minimum absolute atomic E-state index is 0.139. The maximum atomic E-state index is 10.8. The molecule has 5 N–H and O–H groups in total. The number of benzene rings is 1. The summed E-state index contributed by atoms with van der Waals surface area (Å²) in [6, 6.07) is 5.01. The first-order chi connectivity index (χ1) is 12.5. The molecule has 1 atom stereocenters. The number of aryl methyl sites for hydroxylation is 2. The number of aromatic nitrogens is 2. The van der Waals surface area contributed by atoms with Crippen molar-refractivity contribution in [3.05, 3.63) is 53.6 Å². The van der Waals surface area contributed by atoms with Crippen LogP contribution in [0.1, 0.15) is 28.2 Å². The Kier molecular flexibility index (Phi) is 7.97. The molecule has 0 radical (unpaired) electrons. The summed E-state index contributed by atoms with van der Waals surface area (Å²) in [4.78, 5) is 28.7. The van der Waals surface area contributed by atoms with Gasteiger partial charge in [0.15, 0.2) is 11.7 Å². The van der Waals surface area contributed by atoms with E-state index in [0.29, 0.717) is 0 Å². The van der Waals surface area contributed by atoms with Gasteiger partial charge in [0.25, 0.3) is 0 Å². The Hall–Kier alpha value is -2.89. The Bertz CT molecular complexity index is 898. The zero-order chi connectivity index (χ0) is 20.6. The normalized spacial score (nSPS) is 11.8. The molecular formula is C16H19N3O7S. The van der Waals surface area contributed by atoms with E-state index < -0.39 is 28.1 Å². The minimum Gasteiger partial charge on any atom is -0.744 e. The highest BCUT2D eigenvalue weighted by Crippen LogP contribution is 2.08. The van der Waals surface area contributed by atoms with Gasteiger partial charge in [0.1, 0.15) is 10.1 Å². The van der Waals surface area contributed by atoms with Crippen molar-refractivity contribution < 1.29 is 38.5 Å². The summed E-state index contributed by atoms with van der Waals surface area (Å²) in [5.41, 5.74) is 4.50. The van der Waals surface area contributed by atoms with Gasteiger partial charge in [0, 0.05) is 18.8 Å². The monoisotopic (exact) mass is 397 g/mol. The second kappa shape index (κ2) is 9.71. The SMILES string of the molecule is Cc1ccc(S(=O)(=O)[O-])cc1.[NH3+][C@@H](CCc1nccnc1C(=O)O)C(=O)O. The number of nitrogens with zero attached hydrogens (tertiary/aromatic N) is 2. The van der Waals surface area contributed by atoms with E-state index in [1.165, 1.54) is 24.5 Å². The lowest BCUT2D eigenvalue weighted by Crippen LogP contribution is -2.65. The Morgan fingerprint density at radius 2 is 1.70 bits per heavy atom. The Labute approximate surface area is 155 Å². The third-order valence-electron chi connectivity index (χ3n) is 3.37. The molecule has 0 saturated carbocycles. The van der Waals surface area contributed by atoms with Crippen molar-refractivity contribution in [2.75, 3.05) is 0 Å². The lowest BCUT2D eigenvalue weighted by Gasteiger charge is -2.05. The van der Waals surface area contributed by atoms with Crippen LogP contribution in [0.5, 0.6) is 0 Å². The molecule has 0 aliphatic heterocycles. The molecule has 27 heavy (non-hydrogen) atoms. The highest BCUT2D eigenvalue weighted by molar-refractivity contribution is 7.85. The first-order valence-corrected chi connectivity index (χ1v) is 9.04. The summed E-state index contributed by atoms with van der Waals surface area (Å²) in [5.74, 6) is -2.18. The van der Waals surface area contributed by atoms with Crippen LogP contribution < -0.4 is 5.73 Å². The van der Waals surface area contributed by atoms with Crippen molar-refractivity contribution in [3.63, 3.8) is 0 Å². The van der Waals surface area contributed by atoms with Crippen LogP contribution in [0, 0.1) is 6.92 Å². The third-order valence-corrected chi connectivity index (χ3v) is 4.21. The Balaban J connectivity index is 0.000000289. The van der Waals surface area contributed by atoms with Gasteiger partial charge >= 0.3 is 11.9 Å². The number of aliphatic carboxylic acids is 1.